The van der Waals surface area contributed by atoms with Gasteiger partial charge in [0.05, 0.1) is 10.7 Å². The summed E-state index contributed by atoms with van der Waals surface area (Å²) in [6.07, 6.45) is 0. The lowest BCUT2D eigenvalue weighted by molar-refractivity contribution is 0.777. The number of aromatic nitrogens is 2. The molecule has 0 aliphatic heterocycles. The molecule has 0 saturated heterocycles. The zero-order valence-electron chi connectivity index (χ0n) is 11.1. The molecule has 2 rings (SSSR count). The van der Waals surface area contributed by atoms with Crippen molar-refractivity contribution in [1.29, 1.82) is 0 Å². The summed E-state index contributed by atoms with van der Waals surface area (Å²) in [7, 11) is 0. The number of hydrazine groups is 1. The van der Waals surface area contributed by atoms with E-state index in [0.29, 0.717) is 22.5 Å². The van der Waals surface area contributed by atoms with Crippen molar-refractivity contribution in [2.75, 3.05) is 10.7 Å². The second-order valence-electron chi connectivity index (χ2n) is 4.54. The monoisotopic (exact) mass is 355 g/mol. The van der Waals surface area contributed by atoms with E-state index in [1.165, 1.54) is 0 Å². The van der Waals surface area contributed by atoms with Crippen molar-refractivity contribution in [1.82, 2.24) is 9.97 Å². The molecule has 2 aromatic rings. The predicted molar refractivity (Wildman–Crippen MR) is 86.4 cm³/mol. The zero-order valence-corrected chi connectivity index (χ0v) is 13.5. The van der Waals surface area contributed by atoms with Crippen molar-refractivity contribution in [3.8, 4) is 0 Å². The van der Waals surface area contributed by atoms with Crippen LogP contribution < -0.4 is 16.6 Å². The van der Waals surface area contributed by atoms with Crippen LogP contribution in [0.3, 0.4) is 0 Å². The Morgan fingerprint density at radius 3 is 2.55 bits per heavy atom. The number of anilines is 3. The first-order chi connectivity index (χ1) is 9.49. The minimum Gasteiger partial charge on any atom is -0.339 e. The van der Waals surface area contributed by atoms with Crippen LogP contribution in [0.4, 0.5) is 17.3 Å². The Hall–Kier alpha value is -1.37. The number of rotatable bonds is 4. The summed E-state index contributed by atoms with van der Waals surface area (Å²) in [6.45, 7) is 4.04. The molecule has 1 heterocycles. The lowest BCUT2D eigenvalue weighted by Crippen LogP contribution is -2.12. The molecule has 0 atom stereocenters. The molecule has 4 N–H and O–H groups in total. The van der Waals surface area contributed by atoms with E-state index in [2.05, 4.69) is 36.6 Å². The van der Waals surface area contributed by atoms with Gasteiger partial charge in [0.1, 0.15) is 17.5 Å². The summed E-state index contributed by atoms with van der Waals surface area (Å²) in [5.74, 6) is 7.52. The second kappa shape index (κ2) is 6.39. The van der Waals surface area contributed by atoms with Crippen LogP contribution >= 0.6 is 27.5 Å². The number of nitrogen functional groups attached to an aromatic ring is 1. The minimum atomic E-state index is 0.196. The number of nitrogens with one attached hydrogen (secondary N) is 2. The first-order valence-electron chi connectivity index (χ1n) is 6.07. The Balaban J connectivity index is 2.37. The minimum absolute atomic E-state index is 0.196. The van der Waals surface area contributed by atoms with Gasteiger partial charge in [-0.25, -0.2) is 15.8 Å². The Morgan fingerprint density at radius 1 is 1.20 bits per heavy atom. The maximum atomic E-state index is 6.16. The molecule has 7 heteroatoms. The molecule has 0 aliphatic carbocycles. The first-order valence-corrected chi connectivity index (χ1v) is 7.24. The molecule has 0 amide bonds. The molecule has 0 bridgehead atoms. The van der Waals surface area contributed by atoms with Crippen molar-refractivity contribution >= 4 is 44.9 Å². The van der Waals surface area contributed by atoms with Crippen LogP contribution in [0.2, 0.25) is 5.02 Å². The van der Waals surface area contributed by atoms with E-state index < -0.39 is 0 Å². The van der Waals surface area contributed by atoms with Gasteiger partial charge in [0, 0.05) is 16.5 Å². The second-order valence-corrected chi connectivity index (χ2v) is 5.87. The van der Waals surface area contributed by atoms with Crippen LogP contribution in [0, 0.1) is 0 Å². The third-order valence-corrected chi connectivity index (χ3v) is 3.42. The molecule has 0 aliphatic rings. The average molecular weight is 357 g/mol. The fourth-order valence-corrected chi connectivity index (χ4v) is 2.12. The molecule has 0 saturated carbocycles. The van der Waals surface area contributed by atoms with Crippen molar-refractivity contribution in [3.05, 3.63) is 39.6 Å². The summed E-state index contributed by atoms with van der Waals surface area (Å²) < 4.78 is 0.930. The Kier molecular flexibility index (Phi) is 4.80. The van der Waals surface area contributed by atoms with E-state index in [4.69, 9.17) is 17.4 Å². The van der Waals surface area contributed by atoms with Crippen molar-refractivity contribution in [2.24, 2.45) is 5.84 Å². The smallest absolute Gasteiger partial charge is 0.145 e. The Morgan fingerprint density at radius 2 is 1.90 bits per heavy atom. The number of halogens is 2. The third kappa shape index (κ3) is 3.59. The molecular weight excluding hydrogens is 342 g/mol. The van der Waals surface area contributed by atoms with Crippen molar-refractivity contribution < 1.29 is 0 Å². The standard InChI is InChI=1S/C13H15BrClN5/c1-7(2)13-18-11(6-12(19-13)20-16)17-10-5-8(14)3-4-9(10)15/h3-7H,16H2,1-2H3,(H2,17,18,19,20). The molecular formula is C13H15BrClN5. The van der Waals surface area contributed by atoms with Gasteiger partial charge in [-0.15, -0.1) is 0 Å². The number of nitrogens with zero attached hydrogens (tertiary/aromatic N) is 2. The molecule has 106 valence electrons. The number of hydrogen-bond acceptors (Lipinski definition) is 5. The normalized spacial score (nSPS) is 10.7. The average Bonchev–Trinajstić information content (AvgIpc) is 2.42. The predicted octanol–water partition coefficient (Wildman–Crippen LogP) is 4.05. The Bertz CT molecular complexity index is 618. The maximum absolute atomic E-state index is 6.16. The van der Waals surface area contributed by atoms with Crippen LogP contribution in [-0.2, 0) is 0 Å². The van der Waals surface area contributed by atoms with E-state index in [1.807, 2.05) is 26.0 Å². The van der Waals surface area contributed by atoms with Crippen LogP contribution in [0.25, 0.3) is 0 Å². The zero-order chi connectivity index (χ0) is 14.7. The SMILES string of the molecule is CC(C)c1nc(NN)cc(Nc2cc(Br)ccc2Cl)n1. The van der Waals surface area contributed by atoms with E-state index in [-0.39, 0.29) is 5.92 Å². The molecule has 0 spiro atoms. The Labute approximate surface area is 131 Å². The van der Waals surface area contributed by atoms with E-state index in [0.717, 1.165) is 10.2 Å². The molecule has 5 nitrogen and oxygen atoms in total. The summed E-state index contributed by atoms with van der Waals surface area (Å²) >= 11 is 9.57. The fourth-order valence-electron chi connectivity index (χ4n) is 1.59. The highest BCUT2D eigenvalue weighted by Gasteiger charge is 2.09. The van der Waals surface area contributed by atoms with Crippen molar-refractivity contribution in [3.63, 3.8) is 0 Å². The van der Waals surface area contributed by atoms with E-state index >= 15 is 0 Å². The van der Waals surface area contributed by atoms with Crippen molar-refractivity contribution in [2.45, 2.75) is 19.8 Å². The number of nitrogens with two attached hydrogens (primary N) is 1. The summed E-state index contributed by atoms with van der Waals surface area (Å²) in [4.78, 5) is 8.76. The van der Waals surface area contributed by atoms with Gasteiger partial charge in [-0.3, -0.25) is 0 Å². The van der Waals surface area contributed by atoms with Gasteiger partial charge >= 0.3 is 0 Å². The van der Waals surface area contributed by atoms with E-state index in [9.17, 15) is 0 Å². The summed E-state index contributed by atoms with van der Waals surface area (Å²) in [5, 5.41) is 3.79. The molecule has 1 aromatic heterocycles. The van der Waals surface area contributed by atoms with Crippen LogP contribution in [0.5, 0.6) is 0 Å². The van der Waals surface area contributed by atoms with Gasteiger partial charge in [-0.05, 0) is 18.2 Å². The highest BCUT2D eigenvalue weighted by Crippen LogP contribution is 2.29. The lowest BCUT2D eigenvalue weighted by atomic mass is 10.2. The van der Waals surface area contributed by atoms with Gasteiger partial charge in [0.15, 0.2) is 0 Å². The molecule has 20 heavy (non-hydrogen) atoms. The molecule has 0 radical (unpaired) electrons. The van der Waals surface area contributed by atoms with E-state index in [1.54, 1.807) is 12.1 Å². The van der Waals surface area contributed by atoms with Gasteiger partial charge < -0.3 is 10.7 Å². The van der Waals surface area contributed by atoms with Crippen LogP contribution in [0.1, 0.15) is 25.6 Å². The quantitative estimate of drug-likeness (QED) is 0.569. The topological polar surface area (TPSA) is 75.9 Å². The largest absolute Gasteiger partial charge is 0.339 e. The highest BCUT2D eigenvalue weighted by molar-refractivity contribution is 9.10. The summed E-state index contributed by atoms with van der Waals surface area (Å²) in [5.41, 5.74) is 3.30. The maximum Gasteiger partial charge on any atom is 0.145 e. The molecule has 0 unspecified atom stereocenters. The first kappa shape index (κ1) is 15.0. The van der Waals surface area contributed by atoms with Crippen LogP contribution in [-0.4, -0.2) is 9.97 Å². The number of hydrogen-bond donors (Lipinski definition) is 3. The van der Waals surface area contributed by atoms with Gasteiger partial charge in [0.25, 0.3) is 0 Å². The molecule has 1 aromatic carbocycles. The van der Waals surface area contributed by atoms with Gasteiger partial charge in [-0.1, -0.05) is 41.4 Å². The third-order valence-electron chi connectivity index (χ3n) is 2.60. The summed E-state index contributed by atoms with van der Waals surface area (Å²) in [6, 6.07) is 7.29. The highest BCUT2D eigenvalue weighted by atomic mass is 79.9. The van der Waals surface area contributed by atoms with Crippen LogP contribution in [0.15, 0.2) is 28.7 Å². The lowest BCUT2D eigenvalue weighted by Gasteiger charge is -2.12. The van der Waals surface area contributed by atoms with Gasteiger partial charge in [-0.2, -0.15) is 0 Å². The fraction of sp³-hybridized carbons (Fsp3) is 0.231. The van der Waals surface area contributed by atoms with Gasteiger partial charge in [0.2, 0.25) is 0 Å². The number of benzene rings is 1. The molecule has 0 fully saturated rings.